The minimum absolute atomic E-state index is 0.360. The van der Waals surface area contributed by atoms with Crippen LogP contribution in [0.15, 0.2) is 0 Å². The van der Waals surface area contributed by atoms with Crippen molar-refractivity contribution in [2.45, 2.75) is 38.6 Å². The van der Waals surface area contributed by atoms with E-state index < -0.39 is 0 Å². The number of piperidine rings is 1. The lowest BCUT2D eigenvalue weighted by Crippen LogP contribution is -2.43. The standard InChI is InChI=1S/C12H23N3/c1-11-5-4-7-15(9-11)8-6-12(2,10-13)14-3/h11,14H,4-9H2,1-3H3. The Bertz CT molecular complexity index is 234. The van der Waals surface area contributed by atoms with Crippen molar-refractivity contribution in [3.8, 4) is 6.07 Å². The van der Waals surface area contributed by atoms with Crippen LogP contribution >= 0.6 is 0 Å². The minimum atomic E-state index is -0.360. The summed E-state index contributed by atoms with van der Waals surface area (Å²) in [6, 6.07) is 2.34. The molecule has 1 saturated heterocycles. The molecule has 1 aliphatic heterocycles. The van der Waals surface area contributed by atoms with Crippen LogP contribution < -0.4 is 5.32 Å². The molecule has 86 valence electrons. The first-order chi connectivity index (χ1) is 7.09. The van der Waals surface area contributed by atoms with Crippen molar-refractivity contribution in [2.24, 2.45) is 5.92 Å². The van der Waals surface area contributed by atoms with Crippen LogP contribution in [-0.4, -0.2) is 37.1 Å². The average Bonchev–Trinajstić information content (AvgIpc) is 2.26. The largest absolute Gasteiger partial charge is 0.303 e. The molecule has 0 bridgehead atoms. The summed E-state index contributed by atoms with van der Waals surface area (Å²) < 4.78 is 0. The van der Waals surface area contributed by atoms with Gasteiger partial charge in [-0.15, -0.1) is 0 Å². The van der Waals surface area contributed by atoms with Crippen molar-refractivity contribution in [2.75, 3.05) is 26.7 Å². The highest BCUT2D eigenvalue weighted by molar-refractivity contribution is 5.03. The van der Waals surface area contributed by atoms with E-state index in [-0.39, 0.29) is 5.54 Å². The summed E-state index contributed by atoms with van der Waals surface area (Å²) in [4.78, 5) is 2.49. The van der Waals surface area contributed by atoms with Gasteiger partial charge < -0.3 is 10.2 Å². The first kappa shape index (κ1) is 12.5. The molecule has 0 amide bonds. The molecular weight excluding hydrogens is 186 g/mol. The van der Waals surface area contributed by atoms with Gasteiger partial charge in [0.05, 0.1) is 6.07 Å². The Morgan fingerprint density at radius 2 is 2.33 bits per heavy atom. The monoisotopic (exact) mass is 209 g/mol. The van der Waals surface area contributed by atoms with Gasteiger partial charge in [0.25, 0.3) is 0 Å². The fourth-order valence-corrected chi connectivity index (χ4v) is 2.11. The Balaban J connectivity index is 2.33. The quantitative estimate of drug-likeness (QED) is 0.764. The molecule has 0 aromatic heterocycles. The van der Waals surface area contributed by atoms with E-state index in [9.17, 15) is 0 Å². The fraction of sp³-hybridized carbons (Fsp3) is 0.917. The predicted octanol–water partition coefficient (Wildman–Crippen LogP) is 1.61. The molecule has 0 aromatic carbocycles. The lowest BCUT2D eigenvalue weighted by molar-refractivity contribution is 0.172. The highest BCUT2D eigenvalue weighted by atomic mass is 15.1. The third kappa shape index (κ3) is 3.81. The highest BCUT2D eigenvalue weighted by Crippen LogP contribution is 2.17. The third-order valence-electron chi connectivity index (χ3n) is 3.47. The Labute approximate surface area is 93.5 Å². The van der Waals surface area contributed by atoms with Gasteiger partial charge in [-0.05, 0) is 45.7 Å². The zero-order chi connectivity index (χ0) is 11.3. The maximum Gasteiger partial charge on any atom is 0.104 e. The predicted molar refractivity (Wildman–Crippen MR) is 62.5 cm³/mol. The van der Waals surface area contributed by atoms with Crippen molar-refractivity contribution in [3.63, 3.8) is 0 Å². The molecule has 3 nitrogen and oxygen atoms in total. The lowest BCUT2D eigenvalue weighted by atomic mass is 9.97. The second-order valence-corrected chi connectivity index (χ2v) is 4.99. The molecule has 1 N–H and O–H groups in total. The first-order valence-corrected chi connectivity index (χ1v) is 5.92. The Morgan fingerprint density at radius 1 is 1.60 bits per heavy atom. The van der Waals surface area contributed by atoms with Gasteiger partial charge in [-0.3, -0.25) is 0 Å². The van der Waals surface area contributed by atoms with E-state index in [1.807, 2.05) is 14.0 Å². The summed E-state index contributed by atoms with van der Waals surface area (Å²) in [5.41, 5.74) is -0.360. The molecular formula is C12H23N3. The van der Waals surface area contributed by atoms with Crippen LogP contribution in [0.1, 0.15) is 33.1 Å². The highest BCUT2D eigenvalue weighted by Gasteiger charge is 2.23. The smallest absolute Gasteiger partial charge is 0.104 e. The van der Waals surface area contributed by atoms with E-state index in [1.165, 1.54) is 25.9 Å². The molecule has 1 rings (SSSR count). The Morgan fingerprint density at radius 3 is 2.87 bits per heavy atom. The summed E-state index contributed by atoms with van der Waals surface area (Å²) in [6.45, 7) is 7.73. The second-order valence-electron chi connectivity index (χ2n) is 4.99. The Kier molecular flexibility index (Phi) is 4.56. The van der Waals surface area contributed by atoms with Crippen LogP contribution in [0, 0.1) is 17.2 Å². The van der Waals surface area contributed by atoms with E-state index in [0.717, 1.165) is 18.9 Å². The van der Waals surface area contributed by atoms with E-state index in [4.69, 9.17) is 5.26 Å². The molecule has 0 aromatic rings. The van der Waals surface area contributed by atoms with Gasteiger partial charge in [0.1, 0.15) is 5.54 Å². The van der Waals surface area contributed by atoms with Gasteiger partial charge in [0.2, 0.25) is 0 Å². The molecule has 2 unspecified atom stereocenters. The van der Waals surface area contributed by atoms with Crippen LogP contribution in [0.4, 0.5) is 0 Å². The van der Waals surface area contributed by atoms with E-state index in [2.05, 4.69) is 23.2 Å². The molecule has 1 heterocycles. The number of nitrogens with zero attached hydrogens (tertiary/aromatic N) is 2. The van der Waals surface area contributed by atoms with Gasteiger partial charge in [0.15, 0.2) is 0 Å². The molecule has 1 aliphatic rings. The topological polar surface area (TPSA) is 39.1 Å². The number of nitriles is 1. The number of hydrogen-bond donors (Lipinski definition) is 1. The number of nitrogens with one attached hydrogen (secondary N) is 1. The van der Waals surface area contributed by atoms with Crippen molar-refractivity contribution in [1.82, 2.24) is 10.2 Å². The maximum absolute atomic E-state index is 9.04. The number of likely N-dealkylation sites (tertiary alicyclic amines) is 1. The van der Waals surface area contributed by atoms with Gasteiger partial charge in [-0.1, -0.05) is 6.92 Å². The number of hydrogen-bond acceptors (Lipinski definition) is 3. The lowest BCUT2D eigenvalue weighted by Gasteiger charge is -2.33. The summed E-state index contributed by atoms with van der Waals surface area (Å²) in [6.07, 6.45) is 3.58. The van der Waals surface area contributed by atoms with Crippen LogP contribution in [0.5, 0.6) is 0 Å². The molecule has 2 atom stereocenters. The molecule has 0 spiro atoms. The van der Waals surface area contributed by atoms with Crippen LogP contribution in [0.25, 0.3) is 0 Å². The summed E-state index contributed by atoms with van der Waals surface area (Å²) >= 11 is 0. The zero-order valence-electron chi connectivity index (χ0n) is 10.2. The molecule has 0 aliphatic carbocycles. The first-order valence-electron chi connectivity index (χ1n) is 5.92. The van der Waals surface area contributed by atoms with Crippen LogP contribution in [0.2, 0.25) is 0 Å². The van der Waals surface area contributed by atoms with Gasteiger partial charge in [-0.2, -0.15) is 5.26 Å². The van der Waals surface area contributed by atoms with Crippen molar-refractivity contribution in [1.29, 1.82) is 5.26 Å². The molecule has 1 fully saturated rings. The molecule has 3 heteroatoms. The van der Waals surface area contributed by atoms with Crippen molar-refractivity contribution < 1.29 is 0 Å². The van der Waals surface area contributed by atoms with E-state index in [0.29, 0.717) is 0 Å². The zero-order valence-corrected chi connectivity index (χ0v) is 10.2. The second kappa shape index (κ2) is 5.48. The minimum Gasteiger partial charge on any atom is -0.303 e. The molecule has 0 saturated carbocycles. The molecule has 15 heavy (non-hydrogen) atoms. The van der Waals surface area contributed by atoms with E-state index >= 15 is 0 Å². The van der Waals surface area contributed by atoms with Gasteiger partial charge in [-0.25, -0.2) is 0 Å². The maximum atomic E-state index is 9.04. The summed E-state index contributed by atoms with van der Waals surface area (Å²) in [5, 5.41) is 12.1. The average molecular weight is 209 g/mol. The SMILES string of the molecule is CNC(C)(C#N)CCN1CCCC(C)C1. The van der Waals surface area contributed by atoms with Crippen LogP contribution in [-0.2, 0) is 0 Å². The molecule has 0 radical (unpaired) electrons. The number of rotatable bonds is 4. The normalized spacial score (nSPS) is 26.9. The third-order valence-corrected chi connectivity index (χ3v) is 3.47. The van der Waals surface area contributed by atoms with Crippen LogP contribution in [0.3, 0.4) is 0 Å². The summed E-state index contributed by atoms with van der Waals surface area (Å²) in [5.74, 6) is 0.821. The Hall–Kier alpha value is -0.590. The van der Waals surface area contributed by atoms with E-state index in [1.54, 1.807) is 0 Å². The fourth-order valence-electron chi connectivity index (χ4n) is 2.11. The van der Waals surface area contributed by atoms with Crippen molar-refractivity contribution in [3.05, 3.63) is 0 Å². The summed E-state index contributed by atoms with van der Waals surface area (Å²) in [7, 11) is 1.86. The van der Waals surface area contributed by atoms with Crippen molar-refractivity contribution >= 4 is 0 Å². The van der Waals surface area contributed by atoms with Gasteiger partial charge in [0, 0.05) is 13.1 Å². The van der Waals surface area contributed by atoms with Gasteiger partial charge >= 0.3 is 0 Å².